The molecule has 0 heterocycles. The quantitative estimate of drug-likeness (QED) is 0.812. The first kappa shape index (κ1) is 13.8. The highest BCUT2D eigenvalue weighted by Crippen LogP contribution is 2.33. The third-order valence-corrected chi connectivity index (χ3v) is 3.52. The molecule has 100 valence electrons. The number of aryl methyl sites for hydroxylation is 1. The summed E-state index contributed by atoms with van der Waals surface area (Å²) < 4.78 is 5.17. The van der Waals surface area contributed by atoms with Gasteiger partial charge in [0.2, 0.25) is 0 Å². The van der Waals surface area contributed by atoms with Crippen molar-refractivity contribution in [2.24, 2.45) is 0 Å². The van der Waals surface area contributed by atoms with E-state index in [2.05, 4.69) is 5.32 Å². The first-order valence-electron chi connectivity index (χ1n) is 5.67. The minimum absolute atomic E-state index is 0.441. The molecule has 19 heavy (non-hydrogen) atoms. The summed E-state index contributed by atoms with van der Waals surface area (Å²) in [6.45, 7) is 1.98. The number of anilines is 3. The van der Waals surface area contributed by atoms with E-state index in [-0.39, 0.29) is 0 Å². The van der Waals surface area contributed by atoms with Crippen molar-refractivity contribution in [2.45, 2.75) is 6.92 Å². The molecule has 5 heteroatoms. The van der Waals surface area contributed by atoms with Crippen molar-refractivity contribution in [3.63, 3.8) is 0 Å². The minimum Gasteiger partial charge on any atom is -0.497 e. The summed E-state index contributed by atoms with van der Waals surface area (Å²) in [5.74, 6) is 0.810. The number of hydrogen-bond acceptors (Lipinski definition) is 3. The molecule has 0 spiro atoms. The fourth-order valence-electron chi connectivity index (χ4n) is 1.72. The molecule has 0 unspecified atom stereocenters. The van der Waals surface area contributed by atoms with Crippen LogP contribution >= 0.6 is 23.2 Å². The van der Waals surface area contributed by atoms with Crippen LogP contribution in [0.3, 0.4) is 0 Å². The number of halogens is 2. The lowest BCUT2D eigenvalue weighted by Crippen LogP contribution is -1.98. The van der Waals surface area contributed by atoms with Gasteiger partial charge in [0.05, 0.1) is 28.5 Å². The lowest BCUT2D eigenvalue weighted by molar-refractivity contribution is 0.414. The van der Waals surface area contributed by atoms with Gasteiger partial charge in [-0.1, -0.05) is 23.2 Å². The van der Waals surface area contributed by atoms with E-state index >= 15 is 0 Å². The van der Waals surface area contributed by atoms with Crippen molar-refractivity contribution in [3.05, 3.63) is 45.9 Å². The zero-order valence-electron chi connectivity index (χ0n) is 10.6. The molecule has 0 aliphatic rings. The van der Waals surface area contributed by atoms with Gasteiger partial charge in [0.15, 0.2) is 0 Å². The van der Waals surface area contributed by atoms with Crippen molar-refractivity contribution in [3.8, 4) is 5.75 Å². The van der Waals surface area contributed by atoms with Crippen LogP contribution in [0.1, 0.15) is 5.56 Å². The zero-order chi connectivity index (χ0) is 14.0. The second kappa shape index (κ2) is 5.59. The van der Waals surface area contributed by atoms with Crippen LogP contribution in [0.4, 0.5) is 17.1 Å². The van der Waals surface area contributed by atoms with Crippen molar-refractivity contribution in [2.75, 3.05) is 18.2 Å². The Kier molecular flexibility index (Phi) is 4.08. The van der Waals surface area contributed by atoms with E-state index in [1.807, 2.05) is 25.1 Å². The van der Waals surface area contributed by atoms with Crippen molar-refractivity contribution in [1.82, 2.24) is 0 Å². The number of ether oxygens (including phenoxy) is 1. The lowest BCUT2D eigenvalue weighted by atomic mass is 10.1. The molecule has 0 aliphatic heterocycles. The summed E-state index contributed by atoms with van der Waals surface area (Å²) in [5.41, 5.74) is 9.17. The van der Waals surface area contributed by atoms with Gasteiger partial charge in [0.1, 0.15) is 5.75 Å². The van der Waals surface area contributed by atoms with Gasteiger partial charge in [-0.3, -0.25) is 0 Å². The molecule has 2 aromatic rings. The molecule has 0 fully saturated rings. The molecule has 3 nitrogen and oxygen atoms in total. The number of hydrogen-bond donors (Lipinski definition) is 2. The molecule has 0 aliphatic carbocycles. The Balaban J connectivity index is 2.33. The Morgan fingerprint density at radius 2 is 1.74 bits per heavy atom. The van der Waals surface area contributed by atoms with Gasteiger partial charge in [-0.2, -0.15) is 0 Å². The molecular weight excluding hydrogens is 283 g/mol. The number of methoxy groups -OCH3 is 1. The third-order valence-electron chi connectivity index (χ3n) is 2.80. The fourth-order valence-corrected chi connectivity index (χ4v) is 2.05. The molecule has 0 saturated heterocycles. The number of nitrogen functional groups attached to an aromatic ring is 1. The van der Waals surface area contributed by atoms with Gasteiger partial charge in [-0.25, -0.2) is 0 Å². The van der Waals surface area contributed by atoms with Crippen LogP contribution in [-0.4, -0.2) is 7.11 Å². The van der Waals surface area contributed by atoms with Gasteiger partial charge in [0.25, 0.3) is 0 Å². The molecule has 3 N–H and O–H groups in total. The number of benzene rings is 2. The normalized spacial score (nSPS) is 10.3. The molecule has 0 amide bonds. The summed E-state index contributed by atoms with van der Waals surface area (Å²) in [7, 11) is 1.64. The highest BCUT2D eigenvalue weighted by atomic mass is 35.5. The Labute approximate surface area is 122 Å². The van der Waals surface area contributed by atoms with Crippen molar-refractivity contribution in [1.29, 1.82) is 0 Å². The number of rotatable bonds is 3. The second-order valence-corrected chi connectivity index (χ2v) is 4.97. The van der Waals surface area contributed by atoms with E-state index < -0.39 is 0 Å². The molecule has 2 aromatic carbocycles. The topological polar surface area (TPSA) is 47.3 Å². The van der Waals surface area contributed by atoms with Crippen LogP contribution in [-0.2, 0) is 0 Å². The van der Waals surface area contributed by atoms with E-state index in [4.69, 9.17) is 33.7 Å². The van der Waals surface area contributed by atoms with Gasteiger partial charge in [-0.05, 0) is 42.8 Å². The molecule has 0 saturated carbocycles. The standard InChI is InChI=1S/C14H14Cl2N2O/c1-8-5-9(19-2)3-4-13(8)18-14-7-11(16)10(15)6-12(14)17/h3-7,18H,17H2,1-2H3. The Morgan fingerprint density at radius 1 is 1.05 bits per heavy atom. The van der Waals surface area contributed by atoms with Crippen molar-refractivity contribution < 1.29 is 4.74 Å². The van der Waals surface area contributed by atoms with Crippen LogP contribution in [0.5, 0.6) is 5.75 Å². The second-order valence-electron chi connectivity index (χ2n) is 4.16. The zero-order valence-corrected chi connectivity index (χ0v) is 12.1. The summed E-state index contributed by atoms with van der Waals surface area (Å²) in [6.07, 6.45) is 0. The Hall–Kier alpha value is -1.58. The lowest BCUT2D eigenvalue weighted by Gasteiger charge is -2.13. The van der Waals surface area contributed by atoms with Crippen LogP contribution in [0.2, 0.25) is 10.0 Å². The van der Waals surface area contributed by atoms with Gasteiger partial charge in [0, 0.05) is 5.69 Å². The van der Waals surface area contributed by atoms with Gasteiger partial charge in [-0.15, -0.1) is 0 Å². The van der Waals surface area contributed by atoms with Crippen LogP contribution < -0.4 is 15.8 Å². The highest BCUT2D eigenvalue weighted by molar-refractivity contribution is 6.42. The maximum atomic E-state index is 5.99. The van der Waals surface area contributed by atoms with Crippen molar-refractivity contribution >= 4 is 40.3 Å². The average Bonchev–Trinajstić information content (AvgIpc) is 2.38. The third kappa shape index (κ3) is 3.06. The summed E-state index contributed by atoms with van der Waals surface area (Å²) in [6, 6.07) is 9.09. The summed E-state index contributed by atoms with van der Waals surface area (Å²) >= 11 is 11.9. The predicted molar refractivity (Wildman–Crippen MR) is 81.9 cm³/mol. The molecular formula is C14H14Cl2N2O. The fraction of sp³-hybridized carbons (Fsp3) is 0.143. The van der Waals surface area contributed by atoms with Crippen LogP contribution in [0.15, 0.2) is 30.3 Å². The van der Waals surface area contributed by atoms with Crippen LogP contribution in [0, 0.1) is 6.92 Å². The molecule has 2 rings (SSSR count). The molecule has 0 atom stereocenters. The smallest absolute Gasteiger partial charge is 0.119 e. The van der Waals surface area contributed by atoms with E-state index in [0.717, 1.165) is 22.7 Å². The SMILES string of the molecule is COc1ccc(Nc2cc(Cl)c(Cl)cc2N)c(C)c1. The Bertz CT molecular complexity index is 615. The van der Waals surface area contributed by atoms with E-state index in [9.17, 15) is 0 Å². The van der Waals surface area contributed by atoms with E-state index in [1.54, 1.807) is 19.2 Å². The average molecular weight is 297 g/mol. The van der Waals surface area contributed by atoms with E-state index in [1.165, 1.54) is 0 Å². The molecule has 0 bridgehead atoms. The summed E-state index contributed by atoms with van der Waals surface area (Å²) in [5, 5.41) is 4.14. The number of nitrogens with two attached hydrogens (primary N) is 1. The maximum absolute atomic E-state index is 5.99. The summed E-state index contributed by atoms with van der Waals surface area (Å²) in [4.78, 5) is 0. The minimum atomic E-state index is 0.441. The van der Waals surface area contributed by atoms with Crippen LogP contribution in [0.25, 0.3) is 0 Å². The largest absolute Gasteiger partial charge is 0.497 e. The monoisotopic (exact) mass is 296 g/mol. The van der Waals surface area contributed by atoms with Gasteiger partial charge >= 0.3 is 0 Å². The number of nitrogens with one attached hydrogen (secondary N) is 1. The first-order chi connectivity index (χ1) is 9.01. The molecule has 0 radical (unpaired) electrons. The first-order valence-corrected chi connectivity index (χ1v) is 6.43. The van der Waals surface area contributed by atoms with E-state index in [0.29, 0.717) is 15.7 Å². The Morgan fingerprint density at radius 3 is 2.37 bits per heavy atom. The maximum Gasteiger partial charge on any atom is 0.119 e. The predicted octanol–water partition coefficient (Wildman–Crippen LogP) is 4.64. The molecule has 0 aromatic heterocycles. The van der Waals surface area contributed by atoms with Gasteiger partial charge < -0.3 is 15.8 Å². The highest BCUT2D eigenvalue weighted by Gasteiger charge is 2.07.